The number of aryl methyl sites for hydroxylation is 2. The zero-order chi connectivity index (χ0) is 17.6. The van der Waals surface area contributed by atoms with Crippen LogP contribution in [0.4, 0.5) is 0 Å². The second-order valence-electron chi connectivity index (χ2n) is 5.95. The summed E-state index contributed by atoms with van der Waals surface area (Å²) in [5.74, 6) is -0.0554. The molecule has 130 valence electrons. The van der Waals surface area contributed by atoms with E-state index in [0.717, 1.165) is 28.6 Å². The van der Waals surface area contributed by atoms with Crippen molar-refractivity contribution in [3.8, 4) is 0 Å². The summed E-state index contributed by atoms with van der Waals surface area (Å²) in [4.78, 5) is 12.3. The largest absolute Gasteiger partial charge is 0.352 e. The number of carbonyl (C=O) groups is 1. The minimum Gasteiger partial charge on any atom is -0.352 e. The van der Waals surface area contributed by atoms with Crippen molar-refractivity contribution in [3.05, 3.63) is 70.2 Å². The van der Waals surface area contributed by atoms with E-state index in [2.05, 4.69) is 31.4 Å². The van der Waals surface area contributed by atoms with Crippen LogP contribution < -0.4 is 5.32 Å². The third-order valence-electron chi connectivity index (χ3n) is 3.75. The van der Waals surface area contributed by atoms with Gasteiger partial charge in [0.1, 0.15) is 0 Å². The highest BCUT2D eigenvalue weighted by molar-refractivity contribution is 9.10. The second-order valence-corrected chi connectivity index (χ2v) is 6.86. The second kappa shape index (κ2) is 8.11. The molecule has 0 saturated heterocycles. The normalized spacial score (nSPS) is 10.8. The molecular weight excluding hydrogens is 382 g/mol. The van der Waals surface area contributed by atoms with Crippen LogP contribution in [0.15, 0.2) is 53.5 Å². The number of rotatable bonds is 7. The molecule has 0 radical (unpaired) electrons. The van der Waals surface area contributed by atoms with E-state index >= 15 is 0 Å². The molecule has 0 unspecified atom stereocenters. The Morgan fingerprint density at radius 1 is 1.20 bits per heavy atom. The minimum atomic E-state index is -0.0554. The Morgan fingerprint density at radius 2 is 2.04 bits per heavy atom. The average Bonchev–Trinajstić information content (AvgIpc) is 3.20. The van der Waals surface area contributed by atoms with Gasteiger partial charge < -0.3 is 5.32 Å². The van der Waals surface area contributed by atoms with Crippen LogP contribution in [0, 0.1) is 6.92 Å². The van der Waals surface area contributed by atoms with E-state index in [1.807, 2.05) is 59.1 Å². The number of carbonyl (C=O) groups excluding carboxylic acids is 1. The average molecular weight is 402 g/mol. The first kappa shape index (κ1) is 17.4. The number of aromatic nitrogens is 4. The molecular formula is C18H20BrN5O. The maximum Gasteiger partial charge on any atom is 0.251 e. The van der Waals surface area contributed by atoms with E-state index < -0.39 is 0 Å². The molecule has 0 atom stereocenters. The lowest BCUT2D eigenvalue weighted by Gasteiger charge is -2.08. The number of nitrogens with one attached hydrogen (secondary N) is 1. The summed E-state index contributed by atoms with van der Waals surface area (Å²) in [5, 5.41) is 11.4. The number of benzene rings is 1. The number of halogens is 1. The third kappa shape index (κ3) is 5.03. The zero-order valence-electron chi connectivity index (χ0n) is 14.0. The highest BCUT2D eigenvalue weighted by Gasteiger charge is 2.06. The molecule has 0 saturated carbocycles. The van der Waals surface area contributed by atoms with Gasteiger partial charge in [0.25, 0.3) is 5.91 Å². The lowest BCUT2D eigenvalue weighted by Crippen LogP contribution is -2.25. The van der Waals surface area contributed by atoms with Gasteiger partial charge in [-0.3, -0.25) is 14.2 Å². The van der Waals surface area contributed by atoms with Crippen molar-refractivity contribution >= 4 is 21.8 Å². The van der Waals surface area contributed by atoms with Crippen LogP contribution in [-0.2, 0) is 13.1 Å². The van der Waals surface area contributed by atoms with E-state index in [4.69, 9.17) is 0 Å². The molecule has 1 N–H and O–H groups in total. The summed E-state index contributed by atoms with van der Waals surface area (Å²) < 4.78 is 4.66. The van der Waals surface area contributed by atoms with Crippen LogP contribution in [0.25, 0.3) is 0 Å². The molecule has 6 nitrogen and oxygen atoms in total. The Hall–Kier alpha value is -2.41. The van der Waals surface area contributed by atoms with Crippen molar-refractivity contribution in [2.75, 3.05) is 6.54 Å². The molecule has 3 rings (SSSR count). The molecule has 0 bridgehead atoms. The van der Waals surface area contributed by atoms with E-state index in [1.165, 1.54) is 0 Å². The van der Waals surface area contributed by atoms with Gasteiger partial charge in [-0.2, -0.15) is 10.2 Å². The summed E-state index contributed by atoms with van der Waals surface area (Å²) in [7, 11) is 0. The van der Waals surface area contributed by atoms with E-state index in [-0.39, 0.29) is 5.91 Å². The van der Waals surface area contributed by atoms with Gasteiger partial charge in [-0.1, -0.05) is 12.1 Å². The maximum absolute atomic E-state index is 12.3. The molecule has 0 fully saturated rings. The Morgan fingerprint density at radius 3 is 2.76 bits per heavy atom. The Kier molecular flexibility index (Phi) is 5.65. The highest BCUT2D eigenvalue weighted by atomic mass is 79.9. The summed E-state index contributed by atoms with van der Waals surface area (Å²) in [6, 6.07) is 7.62. The molecule has 2 aromatic heterocycles. The molecule has 0 aliphatic rings. The highest BCUT2D eigenvalue weighted by Crippen LogP contribution is 2.10. The fourth-order valence-electron chi connectivity index (χ4n) is 2.56. The Labute approximate surface area is 155 Å². The number of nitrogens with zero attached hydrogens (tertiary/aromatic N) is 4. The minimum absolute atomic E-state index is 0.0554. The molecule has 2 heterocycles. The van der Waals surface area contributed by atoms with E-state index in [1.54, 1.807) is 6.20 Å². The van der Waals surface area contributed by atoms with Gasteiger partial charge in [-0.25, -0.2) is 0 Å². The fraction of sp³-hybridized carbons (Fsp3) is 0.278. The molecule has 0 aliphatic heterocycles. The fourth-order valence-corrected chi connectivity index (χ4v) is 2.88. The smallest absolute Gasteiger partial charge is 0.251 e. The molecule has 25 heavy (non-hydrogen) atoms. The van der Waals surface area contributed by atoms with Crippen LogP contribution in [0.2, 0.25) is 0 Å². The van der Waals surface area contributed by atoms with E-state index in [9.17, 15) is 4.79 Å². The van der Waals surface area contributed by atoms with Crippen LogP contribution in [-0.4, -0.2) is 32.0 Å². The molecule has 7 heteroatoms. The lowest BCUT2D eigenvalue weighted by atomic mass is 10.1. The van der Waals surface area contributed by atoms with Gasteiger partial charge >= 0.3 is 0 Å². The van der Waals surface area contributed by atoms with Crippen molar-refractivity contribution < 1.29 is 4.79 Å². The topological polar surface area (TPSA) is 64.7 Å². The molecule has 1 amide bonds. The van der Waals surface area contributed by atoms with Crippen LogP contribution in [0.5, 0.6) is 0 Å². The summed E-state index contributed by atoms with van der Waals surface area (Å²) in [5.41, 5.74) is 2.85. The number of hydrogen-bond donors (Lipinski definition) is 1. The van der Waals surface area contributed by atoms with Crippen molar-refractivity contribution in [1.82, 2.24) is 24.9 Å². The standard InChI is InChI=1S/C18H20BrN5O/c1-14-9-21-23(11-14)7-3-6-20-18(25)16-5-2-4-15(8-16)12-24-13-17(19)10-22-24/h2,4-5,8-11,13H,3,6-7,12H2,1H3,(H,20,25). The monoisotopic (exact) mass is 401 g/mol. The number of hydrogen-bond acceptors (Lipinski definition) is 3. The van der Waals surface area contributed by atoms with Crippen LogP contribution in [0.1, 0.15) is 27.9 Å². The van der Waals surface area contributed by atoms with Gasteiger partial charge in [0.05, 0.1) is 23.4 Å². The molecule has 0 spiro atoms. The molecule has 1 aromatic carbocycles. The molecule has 3 aromatic rings. The van der Waals surface area contributed by atoms with Gasteiger partial charge in [0, 0.05) is 31.0 Å². The first-order valence-corrected chi connectivity index (χ1v) is 8.93. The van der Waals surface area contributed by atoms with E-state index in [0.29, 0.717) is 18.7 Å². The van der Waals surface area contributed by atoms with Crippen molar-refractivity contribution in [3.63, 3.8) is 0 Å². The summed E-state index contributed by atoms with van der Waals surface area (Å²) in [6.45, 7) is 4.06. The Balaban J connectivity index is 1.50. The quantitative estimate of drug-likeness (QED) is 0.618. The summed E-state index contributed by atoms with van der Waals surface area (Å²) >= 11 is 3.38. The number of amides is 1. The predicted octanol–water partition coefficient (Wildman–Crippen LogP) is 3.02. The first-order chi connectivity index (χ1) is 12.1. The van der Waals surface area contributed by atoms with Gasteiger partial charge in [0.2, 0.25) is 0 Å². The Bertz CT molecular complexity index is 855. The SMILES string of the molecule is Cc1cnn(CCCNC(=O)c2cccc(Cn3cc(Br)cn3)c2)c1. The van der Waals surface area contributed by atoms with Gasteiger partial charge in [-0.05, 0) is 52.5 Å². The van der Waals surface area contributed by atoms with Crippen LogP contribution >= 0.6 is 15.9 Å². The lowest BCUT2D eigenvalue weighted by molar-refractivity contribution is 0.0952. The van der Waals surface area contributed by atoms with Gasteiger partial charge in [-0.15, -0.1) is 0 Å². The summed E-state index contributed by atoms with van der Waals surface area (Å²) in [6.07, 6.45) is 8.33. The van der Waals surface area contributed by atoms with Crippen molar-refractivity contribution in [2.45, 2.75) is 26.4 Å². The maximum atomic E-state index is 12.3. The zero-order valence-corrected chi connectivity index (χ0v) is 15.6. The van der Waals surface area contributed by atoms with Crippen LogP contribution in [0.3, 0.4) is 0 Å². The first-order valence-electron chi connectivity index (χ1n) is 8.14. The third-order valence-corrected chi connectivity index (χ3v) is 4.16. The van der Waals surface area contributed by atoms with Gasteiger partial charge in [0.15, 0.2) is 0 Å². The van der Waals surface area contributed by atoms with Crippen molar-refractivity contribution in [1.29, 1.82) is 0 Å². The van der Waals surface area contributed by atoms with Crippen molar-refractivity contribution in [2.24, 2.45) is 0 Å². The molecule has 0 aliphatic carbocycles. The predicted molar refractivity (Wildman–Crippen MR) is 99.4 cm³/mol.